The molecule has 1 atom stereocenters. The van der Waals surface area contributed by atoms with Gasteiger partial charge in [0.05, 0.1) is 19.6 Å². The predicted molar refractivity (Wildman–Crippen MR) is 107 cm³/mol. The van der Waals surface area contributed by atoms with Gasteiger partial charge in [0.15, 0.2) is 11.2 Å². The zero-order chi connectivity index (χ0) is 18.8. The molecule has 0 aliphatic rings. The van der Waals surface area contributed by atoms with Gasteiger partial charge in [-0.3, -0.25) is 0 Å². The lowest BCUT2D eigenvalue weighted by molar-refractivity contribution is -0.153. The first-order valence-corrected chi connectivity index (χ1v) is 10.5. The molecule has 0 aromatic rings. The number of unbranched alkanes of at least 4 members (excludes halogenated alkanes) is 10. The third-order valence-corrected chi connectivity index (χ3v) is 4.42. The molecule has 1 unspecified atom stereocenters. The van der Waals surface area contributed by atoms with Gasteiger partial charge in [-0.15, -0.1) is 0 Å². The predicted octanol–water partition coefficient (Wildman–Crippen LogP) is 5.35. The molecule has 0 amide bonds. The van der Waals surface area contributed by atoms with Crippen LogP contribution in [-0.2, 0) is 14.3 Å². The van der Waals surface area contributed by atoms with Gasteiger partial charge in [-0.25, -0.2) is 4.79 Å². The molecule has 0 heterocycles. The van der Waals surface area contributed by atoms with E-state index in [4.69, 9.17) is 21.7 Å². The summed E-state index contributed by atoms with van der Waals surface area (Å²) in [6, 6.07) is 0. The highest BCUT2D eigenvalue weighted by Crippen LogP contribution is 2.08. The maximum Gasteiger partial charge on any atom is 0.335 e. The Morgan fingerprint density at radius 1 is 0.800 bits per heavy atom. The van der Waals surface area contributed by atoms with Crippen molar-refractivity contribution < 1.29 is 19.4 Å². The minimum absolute atomic E-state index is 0.0422. The number of esters is 1. The number of carbonyl (C=O) groups is 1. The highest BCUT2D eigenvalue weighted by atomic mass is 32.1. The molecule has 0 bridgehead atoms. The van der Waals surface area contributed by atoms with Gasteiger partial charge in [-0.1, -0.05) is 78.1 Å². The van der Waals surface area contributed by atoms with E-state index in [1.807, 2.05) is 0 Å². The van der Waals surface area contributed by atoms with Crippen molar-refractivity contribution in [2.45, 2.75) is 103 Å². The van der Waals surface area contributed by atoms with Crippen molar-refractivity contribution in [2.24, 2.45) is 0 Å². The van der Waals surface area contributed by atoms with Gasteiger partial charge >= 0.3 is 5.97 Å². The van der Waals surface area contributed by atoms with Crippen molar-refractivity contribution in [1.29, 1.82) is 0 Å². The monoisotopic (exact) mass is 374 g/mol. The van der Waals surface area contributed by atoms with E-state index in [9.17, 15) is 9.90 Å². The Bertz CT molecular complexity index is 334. The summed E-state index contributed by atoms with van der Waals surface area (Å²) in [5.41, 5.74) is 0. The van der Waals surface area contributed by atoms with Gasteiger partial charge in [0.2, 0.25) is 0 Å². The lowest BCUT2D eigenvalue weighted by atomic mass is 10.1. The molecule has 4 nitrogen and oxygen atoms in total. The summed E-state index contributed by atoms with van der Waals surface area (Å²) in [4.78, 5) is 11.7. The van der Waals surface area contributed by atoms with Gasteiger partial charge in [-0.05, 0) is 25.1 Å². The lowest BCUT2D eigenvalue weighted by Crippen LogP contribution is -2.26. The van der Waals surface area contributed by atoms with Gasteiger partial charge in [0.1, 0.15) is 0 Å². The van der Waals surface area contributed by atoms with Crippen molar-refractivity contribution in [2.75, 3.05) is 13.2 Å². The number of rotatable bonds is 17. The molecule has 25 heavy (non-hydrogen) atoms. The summed E-state index contributed by atoms with van der Waals surface area (Å²) in [6.07, 6.45) is 12.7. The Morgan fingerprint density at radius 3 is 1.76 bits per heavy atom. The molecule has 0 aromatic heterocycles. The fourth-order valence-corrected chi connectivity index (χ4v) is 2.76. The number of aliphatic hydroxyl groups is 1. The summed E-state index contributed by atoms with van der Waals surface area (Å²) >= 11 is 5.07. The molecule has 0 fully saturated rings. The second kappa shape index (κ2) is 18.1. The van der Waals surface area contributed by atoms with Crippen LogP contribution >= 0.6 is 12.2 Å². The van der Waals surface area contributed by atoms with Gasteiger partial charge in [0.25, 0.3) is 0 Å². The first-order valence-electron chi connectivity index (χ1n) is 10.1. The smallest absolute Gasteiger partial charge is 0.335 e. The second-order valence-corrected chi connectivity index (χ2v) is 7.10. The number of hydrogen-bond acceptors (Lipinski definition) is 5. The number of carbonyl (C=O) groups excluding carboxylic acids is 1. The van der Waals surface area contributed by atoms with Crippen molar-refractivity contribution in [3.8, 4) is 0 Å². The van der Waals surface area contributed by atoms with Crippen LogP contribution in [0.25, 0.3) is 0 Å². The molecule has 0 spiro atoms. The zero-order valence-electron chi connectivity index (χ0n) is 16.3. The van der Waals surface area contributed by atoms with Crippen LogP contribution in [0, 0.1) is 0 Å². The van der Waals surface area contributed by atoms with Crippen LogP contribution in [-0.4, -0.2) is 35.4 Å². The minimum Gasteiger partial charge on any atom is -0.487 e. The number of thiocarbonyl (C=S) groups is 1. The lowest BCUT2D eigenvalue weighted by Gasteiger charge is -2.12. The van der Waals surface area contributed by atoms with Gasteiger partial charge < -0.3 is 14.6 Å². The summed E-state index contributed by atoms with van der Waals surface area (Å²) in [5.74, 6) is -0.598. The molecule has 0 aromatic carbocycles. The standard InChI is InChI=1S/C20H38O4S/c1-3-5-7-9-11-13-15-23-19(25)17-18(21)20(22)24-16-14-12-10-8-6-4-2/h18,21H,3-17H2,1-2H3. The van der Waals surface area contributed by atoms with E-state index < -0.39 is 12.1 Å². The summed E-state index contributed by atoms with van der Waals surface area (Å²) in [5, 5.41) is 10.1. The van der Waals surface area contributed by atoms with E-state index in [1.54, 1.807) is 0 Å². The molecule has 5 heteroatoms. The SMILES string of the molecule is CCCCCCCCOC(=O)C(O)CC(=S)OCCCCCCCC. The topological polar surface area (TPSA) is 55.8 Å². The third-order valence-electron chi connectivity index (χ3n) is 4.14. The van der Waals surface area contributed by atoms with Crippen LogP contribution in [0.3, 0.4) is 0 Å². The molecule has 0 saturated carbocycles. The average Bonchev–Trinajstić information content (AvgIpc) is 2.59. The highest BCUT2D eigenvalue weighted by molar-refractivity contribution is 7.80. The first-order chi connectivity index (χ1) is 12.1. The fraction of sp³-hybridized carbons (Fsp3) is 0.900. The molecule has 1 N–H and O–H groups in total. The Balaban J connectivity index is 3.56. The van der Waals surface area contributed by atoms with E-state index in [-0.39, 0.29) is 11.5 Å². The van der Waals surface area contributed by atoms with Crippen LogP contribution in [0.15, 0.2) is 0 Å². The quantitative estimate of drug-likeness (QED) is 0.211. The van der Waals surface area contributed by atoms with Crippen LogP contribution in [0.5, 0.6) is 0 Å². The summed E-state index contributed by atoms with van der Waals surface area (Å²) < 4.78 is 10.5. The second-order valence-electron chi connectivity index (χ2n) is 6.64. The molecule has 0 saturated heterocycles. The highest BCUT2D eigenvalue weighted by Gasteiger charge is 2.19. The van der Waals surface area contributed by atoms with Crippen LogP contribution in [0.4, 0.5) is 0 Å². The number of aliphatic hydroxyl groups excluding tert-OH is 1. The Labute approximate surface area is 159 Å². The number of hydrogen-bond donors (Lipinski definition) is 1. The van der Waals surface area contributed by atoms with E-state index in [1.165, 1.54) is 51.4 Å². The molecule has 148 valence electrons. The number of ether oxygens (including phenoxy) is 2. The molecule has 0 rings (SSSR count). The molecule has 0 aliphatic carbocycles. The van der Waals surface area contributed by atoms with Crippen LogP contribution < -0.4 is 0 Å². The fourth-order valence-electron chi connectivity index (χ4n) is 2.52. The summed E-state index contributed by atoms with van der Waals surface area (Å²) in [7, 11) is 0. The molecular weight excluding hydrogens is 336 g/mol. The maximum absolute atomic E-state index is 11.7. The Kier molecular flexibility index (Phi) is 17.6. The summed E-state index contributed by atoms with van der Waals surface area (Å²) in [6.45, 7) is 5.31. The maximum atomic E-state index is 11.7. The van der Waals surface area contributed by atoms with E-state index >= 15 is 0 Å². The first kappa shape index (κ1) is 24.3. The molecular formula is C20H38O4S. The normalized spacial score (nSPS) is 12.0. The Hall–Kier alpha value is -0.680. The van der Waals surface area contributed by atoms with Crippen molar-refractivity contribution >= 4 is 23.2 Å². The van der Waals surface area contributed by atoms with Crippen LogP contribution in [0.2, 0.25) is 0 Å². The van der Waals surface area contributed by atoms with Gasteiger partial charge in [0, 0.05) is 0 Å². The van der Waals surface area contributed by atoms with E-state index in [0.717, 1.165) is 25.7 Å². The largest absolute Gasteiger partial charge is 0.487 e. The van der Waals surface area contributed by atoms with Crippen LogP contribution in [0.1, 0.15) is 97.3 Å². The zero-order valence-corrected chi connectivity index (χ0v) is 17.1. The molecule has 0 radical (unpaired) electrons. The van der Waals surface area contributed by atoms with E-state index in [0.29, 0.717) is 13.2 Å². The molecule has 0 aliphatic heterocycles. The Morgan fingerprint density at radius 2 is 1.24 bits per heavy atom. The van der Waals surface area contributed by atoms with Crippen molar-refractivity contribution in [3.05, 3.63) is 0 Å². The minimum atomic E-state index is -1.21. The van der Waals surface area contributed by atoms with Crippen molar-refractivity contribution in [3.63, 3.8) is 0 Å². The third kappa shape index (κ3) is 16.5. The van der Waals surface area contributed by atoms with E-state index in [2.05, 4.69) is 13.8 Å². The average molecular weight is 375 g/mol. The van der Waals surface area contributed by atoms with Crippen molar-refractivity contribution in [1.82, 2.24) is 0 Å². The van der Waals surface area contributed by atoms with Gasteiger partial charge in [-0.2, -0.15) is 0 Å².